The Bertz CT molecular complexity index is 471. The summed E-state index contributed by atoms with van der Waals surface area (Å²) in [5, 5.41) is 23.3. The smallest absolute Gasteiger partial charge is 0.339 e. The third-order valence-corrected chi connectivity index (χ3v) is 2.15. The van der Waals surface area contributed by atoms with Crippen molar-refractivity contribution in [2.45, 2.75) is 6.42 Å². The number of para-hydroxylation sites is 1. The van der Waals surface area contributed by atoms with Crippen LogP contribution in [0.1, 0.15) is 16.8 Å². The van der Waals surface area contributed by atoms with E-state index in [1.54, 1.807) is 6.08 Å². The van der Waals surface area contributed by atoms with Gasteiger partial charge in [0.05, 0.1) is 5.69 Å². The van der Waals surface area contributed by atoms with Crippen LogP contribution in [0.5, 0.6) is 5.75 Å². The average Bonchev–Trinajstić information content (AvgIpc) is 2.32. The SMILES string of the molecule is C=CCCNC(=O)Nc1cccc(C(=O)O)c1O. The molecule has 0 saturated carbocycles. The second kappa shape index (κ2) is 6.29. The van der Waals surface area contributed by atoms with Crippen LogP contribution in [-0.2, 0) is 0 Å². The maximum Gasteiger partial charge on any atom is 0.339 e. The van der Waals surface area contributed by atoms with Crippen LogP contribution in [0.4, 0.5) is 10.5 Å². The van der Waals surface area contributed by atoms with Crippen molar-refractivity contribution in [1.82, 2.24) is 5.32 Å². The van der Waals surface area contributed by atoms with E-state index in [1.165, 1.54) is 18.2 Å². The summed E-state index contributed by atoms with van der Waals surface area (Å²) in [5.41, 5.74) is -0.218. The number of carboxylic acids is 1. The molecule has 1 aromatic rings. The summed E-state index contributed by atoms with van der Waals surface area (Å²) >= 11 is 0. The second-order valence-corrected chi connectivity index (χ2v) is 3.47. The molecule has 0 bridgehead atoms. The number of phenols is 1. The highest BCUT2D eigenvalue weighted by Gasteiger charge is 2.14. The first-order chi connectivity index (χ1) is 8.56. The van der Waals surface area contributed by atoms with E-state index >= 15 is 0 Å². The van der Waals surface area contributed by atoms with Crippen molar-refractivity contribution in [3.63, 3.8) is 0 Å². The minimum Gasteiger partial charge on any atom is -0.505 e. The first kappa shape index (κ1) is 13.6. The Labute approximate surface area is 104 Å². The molecular weight excluding hydrogens is 236 g/mol. The molecule has 0 atom stereocenters. The number of aromatic carboxylic acids is 1. The van der Waals surface area contributed by atoms with E-state index in [2.05, 4.69) is 17.2 Å². The normalized spacial score (nSPS) is 9.56. The predicted octanol–water partition coefficient (Wildman–Crippen LogP) is 1.79. The molecule has 6 nitrogen and oxygen atoms in total. The third-order valence-electron chi connectivity index (χ3n) is 2.15. The summed E-state index contributed by atoms with van der Waals surface area (Å²) in [4.78, 5) is 22.2. The maximum atomic E-state index is 11.4. The highest BCUT2D eigenvalue weighted by Crippen LogP contribution is 2.27. The third kappa shape index (κ3) is 3.51. The van der Waals surface area contributed by atoms with Gasteiger partial charge in [-0.15, -0.1) is 6.58 Å². The van der Waals surface area contributed by atoms with Crippen molar-refractivity contribution in [3.8, 4) is 5.75 Å². The molecule has 2 amide bonds. The fraction of sp³-hybridized carbons (Fsp3) is 0.167. The first-order valence-electron chi connectivity index (χ1n) is 5.27. The number of anilines is 1. The molecule has 0 radical (unpaired) electrons. The molecule has 1 rings (SSSR count). The summed E-state index contributed by atoms with van der Waals surface area (Å²) in [5.74, 6) is -1.73. The molecule has 4 N–H and O–H groups in total. The fourth-order valence-corrected chi connectivity index (χ4v) is 1.27. The number of carbonyl (C=O) groups excluding carboxylic acids is 1. The Morgan fingerprint density at radius 1 is 1.39 bits per heavy atom. The van der Waals surface area contributed by atoms with Crippen molar-refractivity contribution in [1.29, 1.82) is 0 Å². The van der Waals surface area contributed by atoms with Crippen LogP contribution in [0.2, 0.25) is 0 Å². The minimum absolute atomic E-state index is 0.0472. The molecule has 0 unspecified atom stereocenters. The topological polar surface area (TPSA) is 98.7 Å². The van der Waals surface area contributed by atoms with Crippen LogP contribution in [-0.4, -0.2) is 28.8 Å². The zero-order valence-corrected chi connectivity index (χ0v) is 9.64. The number of nitrogens with one attached hydrogen (secondary N) is 2. The zero-order chi connectivity index (χ0) is 13.5. The van der Waals surface area contributed by atoms with Crippen LogP contribution in [0.3, 0.4) is 0 Å². The number of hydrogen-bond acceptors (Lipinski definition) is 3. The van der Waals surface area contributed by atoms with E-state index in [-0.39, 0.29) is 11.3 Å². The molecule has 0 aliphatic carbocycles. The predicted molar refractivity (Wildman–Crippen MR) is 66.9 cm³/mol. The molecular formula is C12H14N2O4. The number of urea groups is 1. The van der Waals surface area contributed by atoms with Gasteiger partial charge >= 0.3 is 12.0 Å². The van der Waals surface area contributed by atoms with Crippen molar-refractivity contribution >= 4 is 17.7 Å². The van der Waals surface area contributed by atoms with E-state index < -0.39 is 17.7 Å². The average molecular weight is 250 g/mol. The van der Waals surface area contributed by atoms with Crippen LogP contribution < -0.4 is 10.6 Å². The lowest BCUT2D eigenvalue weighted by atomic mass is 10.2. The zero-order valence-electron chi connectivity index (χ0n) is 9.64. The molecule has 0 aliphatic rings. The van der Waals surface area contributed by atoms with Gasteiger partial charge in [-0.3, -0.25) is 0 Å². The van der Waals surface area contributed by atoms with E-state index in [0.29, 0.717) is 13.0 Å². The van der Waals surface area contributed by atoms with Crippen molar-refractivity contribution in [3.05, 3.63) is 36.4 Å². The summed E-state index contributed by atoms with van der Waals surface area (Å²) in [6.07, 6.45) is 2.28. The molecule has 18 heavy (non-hydrogen) atoms. The number of carboxylic acid groups (broad SMARTS) is 1. The van der Waals surface area contributed by atoms with E-state index in [0.717, 1.165) is 0 Å². The molecule has 0 saturated heterocycles. The Morgan fingerprint density at radius 2 is 2.11 bits per heavy atom. The largest absolute Gasteiger partial charge is 0.505 e. The van der Waals surface area contributed by atoms with Crippen molar-refractivity contribution in [2.24, 2.45) is 0 Å². The van der Waals surface area contributed by atoms with Gasteiger partial charge in [-0.25, -0.2) is 9.59 Å². The van der Waals surface area contributed by atoms with Crippen molar-refractivity contribution in [2.75, 3.05) is 11.9 Å². The lowest BCUT2D eigenvalue weighted by Gasteiger charge is -2.09. The van der Waals surface area contributed by atoms with Gasteiger partial charge in [-0.05, 0) is 18.6 Å². The Balaban J connectivity index is 2.73. The second-order valence-electron chi connectivity index (χ2n) is 3.47. The van der Waals surface area contributed by atoms with E-state index in [9.17, 15) is 14.7 Å². The highest BCUT2D eigenvalue weighted by molar-refractivity contribution is 5.97. The van der Waals surface area contributed by atoms with Gasteiger partial charge in [0.25, 0.3) is 0 Å². The number of benzene rings is 1. The van der Waals surface area contributed by atoms with Gasteiger partial charge < -0.3 is 20.8 Å². The van der Waals surface area contributed by atoms with Gasteiger partial charge in [0.2, 0.25) is 0 Å². The fourth-order valence-electron chi connectivity index (χ4n) is 1.27. The van der Waals surface area contributed by atoms with Crippen LogP contribution >= 0.6 is 0 Å². The number of carbonyl (C=O) groups is 2. The molecule has 0 spiro atoms. The number of hydrogen-bond donors (Lipinski definition) is 4. The Morgan fingerprint density at radius 3 is 2.72 bits per heavy atom. The molecule has 0 aliphatic heterocycles. The monoisotopic (exact) mass is 250 g/mol. The molecule has 0 aromatic heterocycles. The molecule has 6 heteroatoms. The molecule has 96 valence electrons. The van der Waals surface area contributed by atoms with E-state index in [4.69, 9.17) is 5.11 Å². The van der Waals surface area contributed by atoms with Gasteiger partial charge in [0.15, 0.2) is 5.75 Å². The first-order valence-corrected chi connectivity index (χ1v) is 5.27. The number of amides is 2. The van der Waals surface area contributed by atoms with Gasteiger partial charge in [-0.2, -0.15) is 0 Å². The number of aromatic hydroxyl groups is 1. The summed E-state index contributed by atoms with van der Waals surface area (Å²) in [7, 11) is 0. The minimum atomic E-state index is -1.26. The van der Waals surface area contributed by atoms with Crippen molar-refractivity contribution < 1.29 is 19.8 Å². The highest BCUT2D eigenvalue weighted by atomic mass is 16.4. The Kier molecular flexibility index (Phi) is 4.74. The molecule has 0 fully saturated rings. The van der Waals surface area contributed by atoms with Gasteiger partial charge in [0, 0.05) is 6.54 Å². The maximum absolute atomic E-state index is 11.4. The van der Waals surface area contributed by atoms with Crippen LogP contribution in [0, 0.1) is 0 Å². The van der Waals surface area contributed by atoms with E-state index in [1.807, 2.05) is 0 Å². The van der Waals surface area contributed by atoms with Gasteiger partial charge in [-0.1, -0.05) is 12.1 Å². The molecule has 0 heterocycles. The summed E-state index contributed by atoms with van der Waals surface area (Å²) in [6, 6.07) is 3.57. The number of rotatable bonds is 5. The standard InChI is InChI=1S/C12H14N2O4/c1-2-3-7-13-12(18)14-9-6-4-5-8(10(9)15)11(16)17/h2,4-6,15H,1,3,7H2,(H,16,17)(H2,13,14,18). The lowest BCUT2D eigenvalue weighted by molar-refractivity contribution is 0.0694. The lowest BCUT2D eigenvalue weighted by Crippen LogP contribution is -2.29. The van der Waals surface area contributed by atoms with Crippen LogP contribution in [0.15, 0.2) is 30.9 Å². The Hall–Kier alpha value is -2.50. The quantitative estimate of drug-likeness (QED) is 0.363. The van der Waals surface area contributed by atoms with Gasteiger partial charge in [0.1, 0.15) is 5.56 Å². The summed E-state index contributed by atoms with van der Waals surface area (Å²) < 4.78 is 0. The van der Waals surface area contributed by atoms with Crippen LogP contribution in [0.25, 0.3) is 0 Å². The summed E-state index contributed by atoms with van der Waals surface area (Å²) in [6.45, 7) is 3.92. The molecule has 1 aromatic carbocycles.